The normalized spacial score (nSPS) is 21.5. The van der Waals surface area contributed by atoms with Gasteiger partial charge in [0.1, 0.15) is 5.75 Å². The molecule has 2 aliphatic rings. The van der Waals surface area contributed by atoms with Crippen LogP contribution < -0.4 is 10.1 Å². The molecule has 0 radical (unpaired) electrons. The molecule has 2 nitrogen and oxygen atoms in total. The maximum atomic E-state index is 5.59. The van der Waals surface area contributed by atoms with Gasteiger partial charge in [-0.05, 0) is 46.7 Å². The van der Waals surface area contributed by atoms with E-state index in [9.17, 15) is 0 Å². The lowest BCUT2D eigenvalue weighted by atomic mass is 9.85. The smallest absolute Gasteiger partial charge is 0.122 e. The lowest BCUT2D eigenvalue weighted by Crippen LogP contribution is -2.24. The zero-order chi connectivity index (χ0) is 14.4. The fraction of sp³-hybridized carbons (Fsp3) is 0.368. The summed E-state index contributed by atoms with van der Waals surface area (Å²) < 4.78 is 5.59. The van der Waals surface area contributed by atoms with E-state index in [2.05, 4.69) is 61.6 Å². The van der Waals surface area contributed by atoms with Gasteiger partial charge in [0.15, 0.2) is 0 Å². The summed E-state index contributed by atoms with van der Waals surface area (Å²) in [6.07, 6.45) is 2.16. The highest BCUT2D eigenvalue weighted by molar-refractivity contribution is 5.55. The van der Waals surface area contributed by atoms with E-state index in [1.54, 1.807) is 0 Å². The van der Waals surface area contributed by atoms with Gasteiger partial charge < -0.3 is 10.1 Å². The number of hydrogen-bond acceptors (Lipinski definition) is 2. The molecule has 1 aliphatic heterocycles. The molecule has 1 unspecified atom stereocenters. The molecule has 1 aliphatic carbocycles. The molecule has 108 valence electrons. The van der Waals surface area contributed by atoms with E-state index >= 15 is 0 Å². The Labute approximate surface area is 126 Å². The van der Waals surface area contributed by atoms with E-state index in [1.165, 1.54) is 22.4 Å². The summed E-state index contributed by atoms with van der Waals surface area (Å²) >= 11 is 0. The van der Waals surface area contributed by atoms with Crippen LogP contribution in [-0.2, 0) is 12.8 Å². The Morgan fingerprint density at radius 2 is 1.95 bits per heavy atom. The maximum absolute atomic E-state index is 5.59. The lowest BCUT2D eigenvalue weighted by molar-refractivity contribution is 0.337. The van der Waals surface area contributed by atoms with Crippen LogP contribution in [0.5, 0.6) is 5.75 Å². The average molecular weight is 279 g/mol. The van der Waals surface area contributed by atoms with Crippen molar-refractivity contribution in [2.75, 3.05) is 11.9 Å². The molecule has 0 saturated carbocycles. The highest BCUT2D eigenvalue weighted by Gasteiger charge is 2.38. The zero-order valence-electron chi connectivity index (χ0n) is 12.6. The number of hydrogen-bond donors (Lipinski definition) is 1. The van der Waals surface area contributed by atoms with Crippen molar-refractivity contribution in [3.05, 3.63) is 59.2 Å². The predicted molar refractivity (Wildman–Crippen MR) is 85.9 cm³/mol. The van der Waals surface area contributed by atoms with Crippen molar-refractivity contribution in [1.82, 2.24) is 0 Å². The van der Waals surface area contributed by atoms with Gasteiger partial charge in [0.25, 0.3) is 0 Å². The van der Waals surface area contributed by atoms with Crippen LogP contribution >= 0.6 is 0 Å². The first-order chi connectivity index (χ1) is 10.1. The molecule has 21 heavy (non-hydrogen) atoms. The van der Waals surface area contributed by atoms with E-state index in [-0.39, 0.29) is 5.41 Å². The van der Waals surface area contributed by atoms with Crippen molar-refractivity contribution < 1.29 is 4.74 Å². The van der Waals surface area contributed by atoms with Crippen molar-refractivity contribution in [1.29, 1.82) is 0 Å². The van der Waals surface area contributed by atoms with E-state index in [0.29, 0.717) is 6.04 Å². The van der Waals surface area contributed by atoms with E-state index in [1.807, 2.05) is 0 Å². The maximum Gasteiger partial charge on any atom is 0.122 e. The van der Waals surface area contributed by atoms with Gasteiger partial charge in [0, 0.05) is 12.1 Å². The van der Waals surface area contributed by atoms with Crippen LogP contribution in [0.3, 0.4) is 0 Å². The second kappa shape index (κ2) is 4.52. The largest absolute Gasteiger partial charge is 0.493 e. The highest BCUT2D eigenvalue weighted by atomic mass is 16.5. The molecule has 2 aromatic carbocycles. The summed E-state index contributed by atoms with van der Waals surface area (Å²) in [4.78, 5) is 0. The molecule has 1 atom stereocenters. The van der Waals surface area contributed by atoms with E-state index in [4.69, 9.17) is 4.74 Å². The number of ether oxygens (including phenoxy) is 1. The van der Waals surface area contributed by atoms with Gasteiger partial charge in [-0.15, -0.1) is 0 Å². The Morgan fingerprint density at radius 1 is 1.10 bits per heavy atom. The Bertz CT molecular complexity index is 690. The third-order valence-electron chi connectivity index (χ3n) is 4.79. The lowest BCUT2D eigenvalue weighted by Gasteiger charge is -2.29. The van der Waals surface area contributed by atoms with Crippen molar-refractivity contribution in [2.24, 2.45) is 5.41 Å². The Balaban J connectivity index is 1.67. The molecule has 0 bridgehead atoms. The number of fused-ring (bicyclic) bond motifs is 2. The highest BCUT2D eigenvalue weighted by Crippen LogP contribution is 2.47. The average Bonchev–Trinajstić information content (AvgIpc) is 3.01. The second-order valence-corrected chi connectivity index (χ2v) is 6.86. The number of nitrogens with one attached hydrogen (secondary N) is 1. The number of anilines is 1. The molecule has 2 heteroatoms. The molecule has 4 rings (SSSR count). The molecular weight excluding hydrogens is 258 g/mol. The molecular formula is C19H21NO. The number of benzene rings is 2. The minimum Gasteiger partial charge on any atom is -0.493 e. The Hall–Kier alpha value is -1.96. The molecule has 1 N–H and O–H groups in total. The van der Waals surface area contributed by atoms with Gasteiger partial charge in [-0.25, -0.2) is 0 Å². The van der Waals surface area contributed by atoms with Gasteiger partial charge in [-0.3, -0.25) is 0 Å². The van der Waals surface area contributed by atoms with Gasteiger partial charge >= 0.3 is 0 Å². The fourth-order valence-corrected chi connectivity index (χ4v) is 3.71. The van der Waals surface area contributed by atoms with Crippen molar-refractivity contribution in [3.63, 3.8) is 0 Å². The van der Waals surface area contributed by atoms with Crippen LogP contribution in [0.2, 0.25) is 0 Å². The van der Waals surface area contributed by atoms with Crippen LogP contribution in [0, 0.1) is 5.41 Å². The van der Waals surface area contributed by atoms with Crippen LogP contribution in [0.4, 0.5) is 5.69 Å². The predicted octanol–water partition coefficient (Wildman–Crippen LogP) is 4.36. The van der Waals surface area contributed by atoms with Crippen molar-refractivity contribution in [3.8, 4) is 5.75 Å². The topological polar surface area (TPSA) is 21.3 Å². The SMILES string of the molecule is CC1(C)Cc2ccccc2C1Nc1ccc2c(c1)CCO2. The summed E-state index contributed by atoms with van der Waals surface area (Å²) in [7, 11) is 0. The van der Waals surface area contributed by atoms with Crippen LogP contribution in [0.1, 0.15) is 36.6 Å². The molecule has 0 amide bonds. The van der Waals surface area contributed by atoms with E-state index in [0.717, 1.165) is 25.2 Å². The third-order valence-corrected chi connectivity index (χ3v) is 4.79. The first-order valence-corrected chi connectivity index (χ1v) is 7.73. The summed E-state index contributed by atoms with van der Waals surface area (Å²) in [6, 6.07) is 15.7. The molecule has 1 heterocycles. The molecule has 2 aromatic rings. The fourth-order valence-electron chi connectivity index (χ4n) is 3.71. The second-order valence-electron chi connectivity index (χ2n) is 6.86. The van der Waals surface area contributed by atoms with E-state index < -0.39 is 0 Å². The van der Waals surface area contributed by atoms with Crippen LogP contribution in [0.25, 0.3) is 0 Å². The summed E-state index contributed by atoms with van der Waals surface area (Å²) in [5.41, 5.74) is 5.68. The van der Waals surface area contributed by atoms with Gasteiger partial charge in [0.05, 0.1) is 12.6 Å². The van der Waals surface area contributed by atoms with Crippen molar-refractivity contribution in [2.45, 2.75) is 32.7 Å². The minimum absolute atomic E-state index is 0.235. The molecule has 0 saturated heterocycles. The first kappa shape index (κ1) is 12.8. The third kappa shape index (κ3) is 2.10. The zero-order valence-corrected chi connectivity index (χ0v) is 12.6. The van der Waals surface area contributed by atoms with Gasteiger partial charge in [0.2, 0.25) is 0 Å². The van der Waals surface area contributed by atoms with Crippen LogP contribution in [-0.4, -0.2) is 6.61 Å². The number of rotatable bonds is 2. The Kier molecular flexibility index (Phi) is 2.75. The quantitative estimate of drug-likeness (QED) is 0.882. The summed E-state index contributed by atoms with van der Waals surface area (Å²) in [5.74, 6) is 1.05. The van der Waals surface area contributed by atoms with Crippen molar-refractivity contribution >= 4 is 5.69 Å². The standard InChI is InChI=1S/C19H21NO/c1-19(2)12-14-5-3-4-6-16(14)18(19)20-15-7-8-17-13(11-15)9-10-21-17/h3-8,11,18,20H,9-10,12H2,1-2H3. The van der Waals surface area contributed by atoms with Gasteiger partial charge in [-0.1, -0.05) is 38.1 Å². The minimum atomic E-state index is 0.235. The monoisotopic (exact) mass is 279 g/mol. The molecule has 0 aromatic heterocycles. The Morgan fingerprint density at radius 3 is 2.86 bits per heavy atom. The van der Waals surface area contributed by atoms with Gasteiger partial charge in [-0.2, -0.15) is 0 Å². The summed E-state index contributed by atoms with van der Waals surface area (Å²) in [5, 5.41) is 3.76. The summed E-state index contributed by atoms with van der Waals surface area (Å²) in [6.45, 7) is 5.51. The molecule has 0 spiro atoms. The molecule has 0 fully saturated rings. The van der Waals surface area contributed by atoms with Crippen LogP contribution in [0.15, 0.2) is 42.5 Å². The first-order valence-electron chi connectivity index (χ1n) is 7.73.